The molecule has 0 unspecified atom stereocenters. The van der Waals surface area contributed by atoms with Crippen molar-refractivity contribution in [3.05, 3.63) is 0 Å². The van der Waals surface area contributed by atoms with Crippen LogP contribution in [0.25, 0.3) is 0 Å². The normalized spacial score (nSPS) is 11.7. The van der Waals surface area contributed by atoms with Gasteiger partial charge in [0.1, 0.15) is 0 Å². The average molecular weight is 544 g/mol. The van der Waals surface area contributed by atoms with E-state index in [2.05, 4.69) is 42.0 Å². The number of hydrogen-bond acceptors (Lipinski definition) is 2. The van der Waals surface area contributed by atoms with E-state index in [-0.39, 0.29) is 24.8 Å². The SMILES string of the molecule is CCCCCCCCCCOCC(CCCCCCOCCCCC)(C[NH+](C)C)C[NH+](C)C.[Cl-].[Cl-]. The second-order valence-corrected chi connectivity index (χ2v) is 11.3. The third-order valence-electron chi connectivity index (χ3n) is 6.65. The first-order valence-corrected chi connectivity index (χ1v) is 14.7. The van der Waals surface area contributed by atoms with Crippen LogP contribution in [0.1, 0.15) is 117 Å². The molecule has 0 bridgehead atoms. The number of halogens is 2. The molecule has 0 radical (unpaired) electrons. The molecule has 0 aromatic carbocycles. The number of nitrogens with one attached hydrogen (secondary N) is 2. The molecule has 0 fully saturated rings. The van der Waals surface area contributed by atoms with Crippen LogP contribution in [0.4, 0.5) is 0 Å². The fourth-order valence-corrected chi connectivity index (χ4v) is 5.15. The van der Waals surface area contributed by atoms with Gasteiger partial charge in [0.05, 0.1) is 53.3 Å². The van der Waals surface area contributed by atoms with Crippen LogP contribution in [0.3, 0.4) is 0 Å². The molecule has 6 heteroatoms. The Bertz CT molecular complexity index is 363. The van der Waals surface area contributed by atoms with Crippen LogP contribution < -0.4 is 34.6 Å². The van der Waals surface area contributed by atoms with Gasteiger partial charge in [0.25, 0.3) is 0 Å². The predicted molar refractivity (Wildman–Crippen MR) is 145 cm³/mol. The highest BCUT2D eigenvalue weighted by molar-refractivity contribution is 4.78. The van der Waals surface area contributed by atoms with Gasteiger partial charge in [-0.1, -0.05) is 90.9 Å². The number of quaternary nitrogens is 2. The zero-order valence-electron chi connectivity index (χ0n) is 24.6. The monoisotopic (exact) mass is 542 g/mol. The molecule has 0 rings (SSSR count). The Morgan fingerprint density at radius 3 is 1.34 bits per heavy atom. The van der Waals surface area contributed by atoms with Crippen molar-refractivity contribution in [3.8, 4) is 0 Å². The largest absolute Gasteiger partial charge is 1.00 e. The van der Waals surface area contributed by atoms with Crippen LogP contribution in [0.15, 0.2) is 0 Å². The van der Waals surface area contributed by atoms with E-state index in [9.17, 15) is 0 Å². The molecule has 0 atom stereocenters. The maximum Gasteiger partial charge on any atom is 0.0914 e. The lowest BCUT2D eigenvalue weighted by atomic mass is 9.82. The van der Waals surface area contributed by atoms with E-state index in [4.69, 9.17) is 9.47 Å². The van der Waals surface area contributed by atoms with Gasteiger partial charge in [-0.25, -0.2) is 0 Å². The summed E-state index contributed by atoms with van der Waals surface area (Å²) in [6.07, 6.45) is 21.2. The molecular formula is C29H64Cl2N2O2. The van der Waals surface area contributed by atoms with E-state index < -0.39 is 0 Å². The van der Waals surface area contributed by atoms with Gasteiger partial charge in [-0.15, -0.1) is 0 Å². The van der Waals surface area contributed by atoms with Crippen LogP contribution >= 0.6 is 0 Å². The highest BCUT2D eigenvalue weighted by Gasteiger charge is 2.36. The van der Waals surface area contributed by atoms with Crippen LogP contribution in [-0.4, -0.2) is 67.7 Å². The average Bonchev–Trinajstić information content (AvgIpc) is 2.75. The number of rotatable bonds is 26. The zero-order chi connectivity index (χ0) is 24.6. The van der Waals surface area contributed by atoms with E-state index >= 15 is 0 Å². The molecular weight excluding hydrogens is 479 g/mol. The van der Waals surface area contributed by atoms with Crippen molar-refractivity contribution < 1.29 is 44.1 Å². The maximum atomic E-state index is 6.34. The molecule has 0 aliphatic heterocycles. The zero-order valence-corrected chi connectivity index (χ0v) is 26.1. The third kappa shape index (κ3) is 27.3. The fourth-order valence-electron chi connectivity index (χ4n) is 5.15. The first-order valence-electron chi connectivity index (χ1n) is 14.7. The first kappa shape index (κ1) is 39.9. The van der Waals surface area contributed by atoms with Crippen molar-refractivity contribution >= 4 is 0 Å². The summed E-state index contributed by atoms with van der Waals surface area (Å²) in [4.78, 5) is 3.10. The van der Waals surface area contributed by atoms with Gasteiger partial charge in [0.15, 0.2) is 0 Å². The maximum absolute atomic E-state index is 6.34. The van der Waals surface area contributed by atoms with Gasteiger partial charge in [0.2, 0.25) is 0 Å². The van der Waals surface area contributed by atoms with E-state index in [1.54, 1.807) is 9.80 Å². The standard InChI is InChI=1S/C29H62N2O2.2ClH/c1-7-9-11-12-13-14-16-21-25-33-28-29(26-30(3)4,27-31(5)6)22-18-15-17-20-24-32-23-19-10-8-2;;/h7-28H2,1-6H3;2*1H. The summed E-state index contributed by atoms with van der Waals surface area (Å²) < 4.78 is 12.1. The van der Waals surface area contributed by atoms with Gasteiger partial charge in [-0.2, -0.15) is 0 Å². The molecule has 0 aromatic heterocycles. The van der Waals surface area contributed by atoms with Crippen molar-refractivity contribution in [1.29, 1.82) is 0 Å². The summed E-state index contributed by atoms with van der Waals surface area (Å²) in [7, 11) is 9.20. The topological polar surface area (TPSA) is 27.3 Å². The quantitative estimate of drug-likeness (QED) is 0.131. The summed E-state index contributed by atoms with van der Waals surface area (Å²) in [5, 5.41) is 0. The third-order valence-corrected chi connectivity index (χ3v) is 6.65. The summed E-state index contributed by atoms with van der Waals surface area (Å²) in [6, 6.07) is 0. The summed E-state index contributed by atoms with van der Waals surface area (Å²) >= 11 is 0. The van der Waals surface area contributed by atoms with Crippen molar-refractivity contribution in [2.75, 3.05) is 67.7 Å². The lowest BCUT2D eigenvalue weighted by molar-refractivity contribution is -0.893. The molecule has 4 nitrogen and oxygen atoms in total. The van der Waals surface area contributed by atoms with Crippen molar-refractivity contribution in [2.24, 2.45) is 5.41 Å². The van der Waals surface area contributed by atoms with Crippen LogP contribution in [-0.2, 0) is 9.47 Å². The lowest BCUT2D eigenvalue weighted by Crippen LogP contribution is -3.12. The van der Waals surface area contributed by atoms with Gasteiger partial charge in [-0.05, 0) is 25.7 Å². The summed E-state index contributed by atoms with van der Waals surface area (Å²) in [5.74, 6) is 0. The van der Waals surface area contributed by atoms with Crippen LogP contribution in [0.5, 0.6) is 0 Å². The van der Waals surface area contributed by atoms with E-state index in [0.717, 1.165) is 26.4 Å². The Kier molecular flexibility index (Phi) is 33.1. The molecule has 0 heterocycles. The second-order valence-electron chi connectivity index (χ2n) is 11.3. The molecule has 0 spiro atoms. The molecule has 35 heavy (non-hydrogen) atoms. The Morgan fingerprint density at radius 1 is 0.486 bits per heavy atom. The molecule has 2 N–H and O–H groups in total. The van der Waals surface area contributed by atoms with E-state index in [1.807, 2.05) is 0 Å². The Labute approximate surface area is 233 Å². The molecule has 0 saturated carbocycles. The van der Waals surface area contributed by atoms with Gasteiger partial charge in [-0.3, -0.25) is 0 Å². The van der Waals surface area contributed by atoms with E-state index in [0.29, 0.717) is 5.41 Å². The molecule has 0 saturated heterocycles. The Morgan fingerprint density at radius 2 is 0.857 bits per heavy atom. The fraction of sp³-hybridized carbons (Fsp3) is 1.00. The lowest BCUT2D eigenvalue weighted by Gasteiger charge is -2.34. The van der Waals surface area contributed by atoms with Gasteiger partial charge >= 0.3 is 0 Å². The van der Waals surface area contributed by atoms with Crippen molar-refractivity contribution in [3.63, 3.8) is 0 Å². The first-order chi connectivity index (χ1) is 16.0. The van der Waals surface area contributed by atoms with Gasteiger partial charge in [0, 0.05) is 19.8 Å². The van der Waals surface area contributed by atoms with Gasteiger partial charge < -0.3 is 44.1 Å². The summed E-state index contributed by atoms with van der Waals surface area (Å²) in [6.45, 7) is 10.7. The van der Waals surface area contributed by atoms with Crippen LogP contribution in [0.2, 0.25) is 0 Å². The minimum atomic E-state index is 0. The predicted octanol–water partition coefficient (Wildman–Crippen LogP) is -1.42. The Hall–Kier alpha value is 0.420. The molecule has 0 amide bonds. The molecule has 216 valence electrons. The van der Waals surface area contributed by atoms with E-state index in [1.165, 1.54) is 116 Å². The smallest absolute Gasteiger partial charge is 0.0914 e. The minimum absolute atomic E-state index is 0. The van der Waals surface area contributed by atoms with Crippen LogP contribution in [0, 0.1) is 5.41 Å². The number of unbranched alkanes of at least 4 members (excludes halogenated alkanes) is 12. The Balaban J connectivity index is -0.00000512. The summed E-state index contributed by atoms with van der Waals surface area (Å²) in [5.41, 5.74) is 0.300. The minimum Gasteiger partial charge on any atom is -1.00 e. The molecule has 0 aromatic rings. The van der Waals surface area contributed by atoms with Crippen molar-refractivity contribution in [2.45, 2.75) is 117 Å². The molecule has 0 aliphatic carbocycles. The number of ether oxygens (including phenoxy) is 2. The number of hydrogen-bond donors (Lipinski definition) is 2. The molecule has 0 aliphatic rings. The second kappa shape index (κ2) is 29.0. The highest BCUT2D eigenvalue weighted by atomic mass is 35.5. The van der Waals surface area contributed by atoms with Crippen molar-refractivity contribution in [1.82, 2.24) is 0 Å². The highest BCUT2D eigenvalue weighted by Crippen LogP contribution is 2.24.